The Bertz CT molecular complexity index is 1520. The number of azide groups is 1. The largest absolute Gasteiger partial charge is 0.494 e. The van der Waals surface area contributed by atoms with Crippen LogP contribution >= 0.6 is 15.9 Å². The molecule has 1 aliphatic heterocycles. The fourth-order valence-electron chi connectivity index (χ4n) is 5.71. The lowest BCUT2D eigenvalue weighted by Gasteiger charge is -2.33. The molecule has 0 saturated heterocycles. The number of amides is 1. The number of nitrogens with one attached hydrogen (secondary N) is 2. The summed E-state index contributed by atoms with van der Waals surface area (Å²) in [6, 6.07) is 22.5. The molecule has 0 unspecified atom stereocenters. The molecule has 5 rings (SSSR count). The van der Waals surface area contributed by atoms with E-state index < -0.39 is 11.6 Å². The summed E-state index contributed by atoms with van der Waals surface area (Å²) in [7, 11) is 0. The van der Waals surface area contributed by atoms with Crippen LogP contribution in [0.25, 0.3) is 10.4 Å². The molecule has 236 valence electrons. The van der Waals surface area contributed by atoms with Gasteiger partial charge in [0.05, 0.1) is 19.3 Å². The predicted octanol–water partition coefficient (Wildman–Crippen LogP) is 5.44. The molecule has 1 amide bonds. The van der Waals surface area contributed by atoms with E-state index in [9.17, 15) is 9.90 Å². The summed E-state index contributed by atoms with van der Waals surface area (Å²) in [5.74, 6) is 0.579. The van der Waals surface area contributed by atoms with E-state index in [4.69, 9.17) is 25.1 Å². The Kier molecular flexibility index (Phi) is 11.1. The third-order valence-corrected chi connectivity index (χ3v) is 8.67. The molecule has 2 atom stereocenters. The average molecular weight is 678 g/mol. The smallest absolute Gasteiger partial charge is 0.266 e. The Morgan fingerprint density at radius 1 is 1.09 bits per heavy atom. The van der Waals surface area contributed by atoms with E-state index in [1.165, 1.54) is 0 Å². The molecule has 0 radical (unpaired) electrons. The fraction of sp³-hybridized carbons (Fsp3) is 0.394. The Labute approximate surface area is 270 Å². The highest BCUT2D eigenvalue weighted by Gasteiger charge is 2.54. The molecule has 12 heteroatoms. The van der Waals surface area contributed by atoms with E-state index >= 15 is 0 Å². The number of nitrogens with zero attached hydrogens (tertiary/aromatic N) is 4. The molecule has 0 spiro atoms. The molecule has 0 aromatic heterocycles. The van der Waals surface area contributed by atoms with Gasteiger partial charge in [0.25, 0.3) is 5.91 Å². The minimum absolute atomic E-state index is 0.0157. The summed E-state index contributed by atoms with van der Waals surface area (Å²) in [5.41, 5.74) is 16.8. The maximum Gasteiger partial charge on any atom is 0.266 e. The molecule has 11 nitrogen and oxygen atoms in total. The number of aliphatic imine (C=N–C) groups is 1. The highest BCUT2D eigenvalue weighted by Crippen LogP contribution is 2.44. The molecule has 2 aliphatic rings. The van der Waals surface area contributed by atoms with Crippen LogP contribution in [0.2, 0.25) is 0 Å². The monoisotopic (exact) mass is 676 g/mol. The quantitative estimate of drug-likeness (QED) is 0.0619. The molecule has 3 aromatic carbocycles. The van der Waals surface area contributed by atoms with Gasteiger partial charge in [0.2, 0.25) is 5.90 Å². The van der Waals surface area contributed by atoms with Gasteiger partial charge in [-0.3, -0.25) is 10.2 Å². The second kappa shape index (κ2) is 15.4. The SMILES string of the molecule is [N-]=[N+]=NCc1ccccc1[C@@H]1OC(c2ccc(OCCCO)cc2)=N[C@]1(Cc1ccc(Br)cc1)C(=O)NNC1CCC(O)CC1. The molecular formula is C33H37BrN6O5. The minimum atomic E-state index is -1.44. The average Bonchev–Trinajstić information content (AvgIpc) is 3.45. The van der Waals surface area contributed by atoms with Gasteiger partial charge < -0.3 is 19.7 Å². The van der Waals surface area contributed by atoms with Crippen molar-refractivity contribution >= 4 is 27.7 Å². The first-order chi connectivity index (χ1) is 21.9. The maximum atomic E-state index is 14.5. The van der Waals surface area contributed by atoms with Crippen LogP contribution in [0.3, 0.4) is 0 Å². The number of aliphatic hydroxyl groups excluding tert-OH is 2. The van der Waals surface area contributed by atoms with Crippen molar-refractivity contribution in [2.45, 2.75) is 68.9 Å². The molecule has 1 heterocycles. The zero-order valence-electron chi connectivity index (χ0n) is 24.8. The lowest BCUT2D eigenvalue weighted by molar-refractivity contribution is -0.130. The van der Waals surface area contributed by atoms with E-state index in [-0.39, 0.29) is 37.6 Å². The molecule has 4 N–H and O–H groups in total. The van der Waals surface area contributed by atoms with Crippen LogP contribution in [-0.2, 0) is 22.5 Å². The van der Waals surface area contributed by atoms with E-state index in [0.29, 0.717) is 48.6 Å². The van der Waals surface area contributed by atoms with Gasteiger partial charge in [-0.05, 0) is 84.3 Å². The van der Waals surface area contributed by atoms with Gasteiger partial charge in [-0.15, -0.1) is 0 Å². The number of carbonyl (C=O) groups excluding carboxylic acids is 1. The summed E-state index contributed by atoms with van der Waals surface area (Å²) >= 11 is 3.50. The number of hydrazine groups is 1. The second-order valence-electron chi connectivity index (χ2n) is 11.3. The van der Waals surface area contributed by atoms with Crippen molar-refractivity contribution in [3.63, 3.8) is 0 Å². The Hall–Kier alpha value is -3.93. The fourth-order valence-corrected chi connectivity index (χ4v) is 5.97. The third-order valence-electron chi connectivity index (χ3n) is 8.15. The first kappa shape index (κ1) is 32.5. The second-order valence-corrected chi connectivity index (χ2v) is 12.2. The third kappa shape index (κ3) is 8.02. The van der Waals surface area contributed by atoms with Crippen molar-refractivity contribution in [1.29, 1.82) is 0 Å². The van der Waals surface area contributed by atoms with Gasteiger partial charge in [0, 0.05) is 40.4 Å². The molecule has 45 heavy (non-hydrogen) atoms. The summed E-state index contributed by atoms with van der Waals surface area (Å²) in [4.78, 5) is 22.5. The van der Waals surface area contributed by atoms with Gasteiger partial charge in [0.1, 0.15) is 5.75 Å². The Morgan fingerprint density at radius 2 is 1.82 bits per heavy atom. The van der Waals surface area contributed by atoms with E-state index in [2.05, 4.69) is 36.8 Å². The van der Waals surface area contributed by atoms with Crippen molar-refractivity contribution in [1.82, 2.24) is 10.9 Å². The normalized spacial score (nSPS) is 22.6. The van der Waals surface area contributed by atoms with Crippen LogP contribution in [0.5, 0.6) is 5.75 Å². The van der Waals surface area contributed by atoms with Crippen molar-refractivity contribution in [3.8, 4) is 5.75 Å². The summed E-state index contributed by atoms with van der Waals surface area (Å²) in [6.45, 7) is 0.520. The van der Waals surface area contributed by atoms with Gasteiger partial charge in [-0.2, -0.15) is 0 Å². The number of hydrogen-bond acceptors (Lipinski definition) is 8. The zero-order chi connectivity index (χ0) is 31.6. The maximum absolute atomic E-state index is 14.5. The Balaban J connectivity index is 1.56. The van der Waals surface area contributed by atoms with Crippen LogP contribution in [0, 0.1) is 0 Å². The van der Waals surface area contributed by atoms with E-state index in [1.807, 2.05) is 60.7 Å². The van der Waals surface area contributed by atoms with Crippen molar-refractivity contribution in [2.75, 3.05) is 13.2 Å². The number of benzene rings is 3. The number of ether oxygens (including phenoxy) is 2. The van der Waals surface area contributed by atoms with Crippen molar-refractivity contribution in [3.05, 3.63) is 110 Å². The molecular weight excluding hydrogens is 640 g/mol. The predicted molar refractivity (Wildman–Crippen MR) is 173 cm³/mol. The molecule has 3 aromatic rings. The van der Waals surface area contributed by atoms with Crippen LogP contribution in [0.15, 0.2) is 87.4 Å². The van der Waals surface area contributed by atoms with Gasteiger partial charge in [-0.1, -0.05) is 57.4 Å². The number of hydrogen-bond donors (Lipinski definition) is 4. The van der Waals surface area contributed by atoms with Crippen molar-refractivity contribution in [2.24, 2.45) is 10.1 Å². The zero-order valence-corrected chi connectivity index (χ0v) is 26.4. The number of aliphatic hydroxyl groups is 2. The van der Waals surface area contributed by atoms with E-state index in [1.54, 1.807) is 12.1 Å². The lowest BCUT2D eigenvalue weighted by Crippen LogP contribution is -2.56. The van der Waals surface area contributed by atoms with E-state index in [0.717, 1.165) is 28.4 Å². The van der Waals surface area contributed by atoms with Gasteiger partial charge in [0.15, 0.2) is 11.6 Å². The summed E-state index contributed by atoms with van der Waals surface area (Å²) in [6.07, 6.45) is 2.38. The highest BCUT2D eigenvalue weighted by atomic mass is 79.9. The van der Waals surface area contributed by atoms with Gasteiger partial charge >= 0.3 is 0 Å². The molecule has 1 fully saturated rings. The van der Waals surface area contributed by atoms with Crippen LogP contribution in [0.4, 0.5) is 0 Å². The highest BCUT2D eigenvalue weighted by molar-refractivity contribution is 9.10. The van der Waals surface area contributed by atoms with Crippen LogP contribution in [-0.4, -0.2) is 52.9 Å². The topological polar surface area (TPSA) is 161 Å². The lowest BCUT2D eigenvalue weighted by atomic mass is 9.80. The number of halogens is 1. The minimum Gasteiger partial charge on any atom is -0.494 e. The van der Waals surface area contributed by atoms with Crippen LogP contribution < -0.4 is 15.6 Å². The molecule has 1 aliphatic carbocycles. The first-order valence-electron chi connectivity index (χ1n) is 15.1. The molecule has 1 saturated carbocycles. The number of carbonyl (C=O) groups is 1. The van der Waals surface area contributed by atoms with Crippen molar-refractivity contribution < 1.29 is 24.5 Å². The summed E-state index contributed by atoms with van der Waals surface area (Å²) in [5, 5.41) is 22.8. The summed E-state index contributed by atoms with van der Waals surface area (Å²) < 4.78 is 13.3. The Morgan fingerprint density at radius 3 is 2.53 bits per heavy atom. The van der Waals surface area contributed by atoms with Gasteiger partial charge in [-0.25, -0.2) is 10.4 Å². The standard InChI is InChI=1S/C33H37BrN6O5/c34-25-10-6-22(7-11-25)20-33(32(43)39-38-26-12-14-27(42)15-13-26)30(29-5-2-1-4-24(29)21-36-40-35)45-31(37-33)23-8-16-28(17-9-23)44-19-3-18-41/h1-2,4-11,16-17,26-27,30,38,41-42H,3,12-15,18-21H2,(H,39,43)/t26?,27?,30-,33-/m0/s1. The molecule has 0 bridgehead atoms. The van der Waals surface area contributed by atoms with Crippen LogP contribution in [0.1, 0.15) is 60.5 Å². The first-order valence-corrected chi connectivity index (χ1v) is 15.9. The number of rotatable bonds is 13.